The van der Waals surface area contributed by atoms with Gasteiger partial charge in [-0.3, -0.25) is 4.79 Å². The van der Waals surface area contributed by atoms with Crippen molar-refractivity contribution in [3.05, 3.63) is 64.0 Å². The molecule has 0 saturated heterocycles. The zero-order valence-electron chi connectivity index (χ0n) is 14.6. The van der Waals surface area contributed by atoms with Gasteiger partial charge >= 0.3 is 5.97 Å². The molecule has 0 unspecified atom stereocenters. The van der Waals surface area contributed by atoms with Crippen LogP contribution in [-0.4, -0.2) is 23.3 Å². The fourth-order valence-corrected chi connectivity index (χ4v) is 2.83. The van der Waals surface area contributed by atoms with Crippen molar-refractivity contribution in [2.45, 2.75) is 19.4 Å². The number of carbonyl (C=O) groups is 1. The van der Waals surface area contributed by atoms with Gasteiger partial charge in [0, 0.05) is 15.6 Å². The Hall–Kier alpha value is -2.57. The zero-order chi connectivity index (χ0) is 19.4. The summed E-state index contributed by atoms with van der Waals surface area (Å²) in [6.45, 7) is 1.66. The van der Waals surface area contributed by atoms with Crippen molar-refractivity contribution < 1.29 is 18.7 Å². The van der Waals surface area contributed by atoms with Crippen LogP contribution in [0.5, 0.6) is 5.75 Å². The van der Waals surface area contributed by atoms with Crippen molar-refractivity contribution in [3.63, 3.8) is 0 Å². The highest BCUT2D eigenvalue weighted by Gasteiger charge is 2.20. The second-order valence-corrected chi connectivity index (χ2v) is 6.56. The van der Waals surface area contributed by atoms with Gasteiger partial charge in [0.1, 0.15) is 5.75 Å². The molecule has 1 heterocycles. The van der Waals surface area contributed by atoms with Gasteiger partial charge in [-0.1, -0.05) is 29.3 Å². The highest BCUT2D eigenvalue weighted by atomic mass is 35.5. The minimum Gasteiger partial charge on any atom is -0.497 e. The first kappa shape index (κ1) is 19.2. The van der Waals surface area contributed by atoms with Gasteiger partial charge in [0.25, 0.3) is 5.89 Å². The van der Waals surface area contributed by atoms with Crippen molar-refractivity contribution in [1.29, 1.82) is 0 Å². The molecule has 0 amide bonds. The van der Waals surface area contributed by atoms with Crippen LogP contribution in [0.4, 0.5) is 0 Å². The molecule has 1 atom stereocenters. The van der Waals surface area contributed by atoms with Gasteiger partial charge in [0.05, 0.1) is 13.5 Å². The van der Waals surface area contributed by atoms with E-state index in [2.05, 4.69) is 10.2 Å². The molecule has 0 saturated carbocycles. The molecule has 0 spiro atoms. The van der Waals surface area contributed by atoms with Crippen molar-refractivity contribution in [1.82, 2.24) is 10.2 Å². The smallest absolute Gasteiger partial charge is 0.311 e. The molecule has 140 valence electrons. The summed E-state index contributed by atoms with van der Waals surface area (Å²) in [5, 5.41) is 8.86. The summed E-state index contributed by atoms with van der Waals surface area (Å²) in [6, 6.07) is 12.1. The van der Waals surface area contributed by atoms with Crippen LogP contribution in [0.2, 0.25) is 10.0 Å². The van der Waals surface area contributed by atoms with E-state index in [1.807, 2.05) is 0 Å². The highest BCUT2D eigenvalue weighted by molar-refractivity contribution is 6.35. The van der Waals surface area contributed by atoms with Gasteiger partial charge in [0.15, 0.2) is 6.10 Å². The van der Waals surface area contributed by atoms with Crippen LogP contribution in [0.1, 0.15) is 24.5 Å². The number of esters is 1. The van der Waals surface area contributed by atoms with Crippen LogP contribution in [0, 0.1) is 0 Å². The largest absolute Gasteiger partial charge is 0.497 e. The zero-order valence-corrected chi connectivity index (χ0v) is 16.1. The molecule has 0 aliphatic rings. The number of hydrogen-bond acceptors (Lipinski definition) is 6. The third-order valence-electron chi connectivity index (χ3n) is 3.78. The van der Waals surface area contributed by atoms with Crippen LogP contribution < -0.4 is 4.74 Å². The van der Waals surface area contributed by atoms with Crippen LogP contribution in [0.15, 0.2) is 46.9 Å². The van der Waals surface area contributed by atoms with E-state index in [1.165, 1.54) is 0 Å². The number of carbonyl (C=O) groups excluding carboxylic acids is 1. The van der Waals surface area contributed by atoms with E-state index < -0.39 is 12.1 Å². The molecule has 27 heavy (non-hydrogen) atoms. The normalized spacial score (nSPS) is 11.9. The third kappa shape index (κ3) is 4.78. The Morgan fingerprint density at radius 1 is 1.15 bits per heavy atom. The van der Waals surface area contributed by atoms with E-state index >= 15 is 0 Å². The monoisotopic (exact) mass is 406 g/mol. The summed E-state index contributed by atoms with van der Waals surface area (Å²) in [4.78, 5) is 12.2. The molecule has 0 aliphatic heterocycles. The van der Waals surface area contributed by atoms with Gasteiger partial charge in [0.2, 0.25) is 5.89 Å². The maximum absolute atomic E-state index is 12.2. The SMILES string of the molecule is COc1ccc(-c2nnc([C@H](C)OC(=O)Cc3ccc(Cl)cc3Cl)o2)cc1. The van der Waals surface area contributed by atoms with Crippen molar-refractivity contribution in [2.24, 2.45) is 0 Å². The predicted octanol–water partition coefficient (Wildman–Crippen LogP) is 4.90. The second kappa shape index (κ2) is 8.41. The number of methoxy groups -OCH3 is 1. The van der Waals surface area contributed by atoms with Crippen molar-refractivity contribution in [2.75, 3.05) is 7.11 Å². The van der Waals surface area contributed by atoms with Crippen LogP contribution in [0.3, 0.4) is 0 Å². The molecule has 0 aliphatic carbocycles. The summed E-state index contributed by atoms with van der Waals surface area (Å²) < 4.78 is 16.1. The van der Waals surface area contributed by atoms with Gasteiger partial charge in [-0.2, -0.15) is 0 Å². The van der Waals surface area contributed by atoms with Gasteiger partial charge in [-0.15, -0.1) is 10.2 Å². The fourth-order valence-electron chi connectivity index (χ4n) is 2.36. The first-order chi connectivity index (χ1) is 13.0. The lowest BCUT2D eigenvalue weighted by Gasteiger charge is -2.10. The molecule has 0 radical (unpaired) electrons. The summed E-state index contributed by atoms with van der Waals surface area (Å²) in [6.07, 6.45) is -0.678. The van der Waals surface area contributed by atoms with Gasteiger partial charge in [-0.05, 0) is 48.9 Å². The number of halogens is 2. The minimum absolute atomic E-state index is 0.0137. The van der Waals surface area contributed by atoms with E-state index in [4.69, 9.17) is 37.1 Å². The average molecular weight is 407 g/mol. The van der Waals surface area contributed by atoms with E-state index in [1.54, 1.807) is 56.5 Å². The topological polar surface area (TPSA) is 74.5 Å². The molecule has 3 rings (SSSR count). The minimum atomic E-state index is -0.692. The lowest BCUT2D eigenvalue weighted by Crippen LogP contribution is -2.12. The second-order valence-electron chi connectivity index (χ2n) is 5.72. The standard InChI is InChI=1S/C19H16Cl2N2O4/c1-11(26-17(24)9-13-3-6-14(20)10-16(13)21)18-22-23-19(27-18)12-4-7-15(25-2)8-5-12/h3-8,10-11H,9H2,1-2H3/t11-/m0/s1. The molecular formula is C19H16Cl2N2O4. The Labute approximate surface area is 166 Å². The fraction of sp³-hybridized carbons (Fsp3) is 0.211. The van der Waals surface area contributed by atoms with Crippen LogP contribution in [-0.2, 0) is 16.0 Å². The number of hydrogen-bond donors (Lipinski definition) is 0. The maximum Gasteiger partial charge on any atom is 0.311 e. The molecule has 1 aromatic heterocycles. The molecule has 2 aromatic carbocycles. The molecule has 0 bridgehead atoms. The number of aromatic nitrogens is 2. The van der Waals surface area contributed by atoms with Gasteiger partial charge in [-0.25, -0.2) is 0 Å². The summed E-state index contributed by atoms with van der Waals surface area (Å²) in [5.74, 6) is 0.797. The van der Waals surface area contributed by atoms with Crippen molar-refractivity contribution in [3.8, 4) is 17.2 Å². The van der Waals surface area contributed by atoms with Crippen molar-refractivity contribution >= 4 is 29.2 Å². The Balaban J connectivity index is 1.64. The first-order valence-electron chi connectivity index (χ1n) is 8.07. The summed E-state index contributed by atoms with van der Waals surface area (Å²) in [5.41, 5.74) is 1.36. The highest BCUT2D eigenvalue weighted by Crippen LogP contribution is 2.25. The molecule has 3 aromatic rings. The van der Waals surface area contributed by atoms with E-state index in [-0.39, 0.29) is 12.3 Å². The average Bonchev–Trinajstić information content (AvgIpc) is 3.14. The number of benzene rings is 2. The van der Waals surface area contributed by atoms with Crippen LogP contribution in [0.25, 0.3) is 11.5 Å². The molecule has 0 fully saturated rings. The molecule has 8 heteroatoms. The van der Waals surface area contributed by atoms with Gasteiger partial charge < -0.3 is 13.9 Å². The Morgan fingerprint density at radius 3 is 2.56 bits per heavy atom. The maximum atomic E-state index is 12.2. The van der Waals surface area contributed by atoms with E-state index in [9.17, 15) is 4.79 Å². The van der Waals surface area contributed by atoms with E-state index in [0.717, 1.165) is 11.3 Å². The lowest BCUT2D eigenvalue weighted by atomic mass is 10.1. The number of rotatable bonds is 6. The molecule has 0 N–H and O–H groups in total. The Morgan fingerprint density at radius 2 is 1.89 bits per heavy atom. The van der Waals surface area contributed by atoms with E-state index in [0.29, 0.717) is 21.5 Å². The Bertz CT molecular complexity index is 941. The summed E-state index contributed by atoms with van der Waals surface area (Å²) >= 11 is 11.9. The molecule has 6 nitrogen and oxygen atoms in total. The first-order valence-corrected chi connectivity index (χ1v) is 8.83. The Kier molecular flexibility index (Phi) is 5.98. The van der Waals surface area contributed by atoms with Crippen LogP contribution >= 0.6 is 23.2 Å². The number of ether oxygens (including phenoxy) is 2. The quantitative estimate of drug-likeness (QED) is 0.541. The number of nitrogens with zero attached hydrogens (tertiary/aromatic N) is 2. The summed E-state index contributed by atoms with van der Waals surface area (Å²) in [7, 11) is 1.59. The third-order valence-corrected chi connectivity index (χ3v) is 4.37. The lowest BCUT2D eigenvalue weighted by molar-refractivity contribution is -0.148. The predicted molar refractivity (Wildman–Crippen MR) is 101 cm³/mol. The molecular weight excluding hydrogens is 391 g/mol.